The Kier molecular flexibility index (Phi) is 4.42. The van der Waals surface area contributed by atoms with Crippen LogP contribution in [0.4, 0.5) is 0 Å². The molecule has 0 bridgehead atoms. The largest absolute Gasteiger partial charge is 0.505 e. The predicted molar refractivity (Wildman–Crippen MR) is 111 cm³/mol. The summed E-state index contributed by atoms with van der Waals surface area (Å²) in [4.78, 5) is 1.71. The van der Waals surface area contributed by atoms with Gasteiger partial charge < -0.3 is 5.11 Å². The van der Waals surface area contributed by atoms with Gasteiger partial charge in [0, 0.05) is 5.56 Å². The highest BCUT2D eigenvalue weighted by molar-refractivity contribution is 7.91. The molecule has 0 aliphatic rings. The minimum Gasteiger partial charge on any atom is -0.505 e. The number of phenolic OH excluding ortho intramolecular Hbond substituents is 1. The number of phenols is 1. The van der Waals surface area contributed by atoms with Gasteiger partial charge in [0.05, 0.1) is 9.79 Å². The Morgan fingerprint density at radius 2 is 1.52 bits per heavy atom. The summed E-state index contributed by atoms with van der Waals surface area (Å²) in [5.41, 5.74) is 1.95. The lowest BCUT2D eigenvalue weighted by molar-refractivity contribution is 0.440. The lowest BCUT2D eigenvalue weighted by Gasteiger charge is -2.21. The Labute approximate surface area is 169 Å². The molecule has 148 valence electrons. The van der Waals surface area contributed by atoms with Gasteiger partial charge in [-0.3, -0.25) is 0 Å². The molecule has 29 heavy (non-hydrogen) atoms. The summed E-state index contributed by atoms with van der Waals surface area (Å²) >= 11 is 0. The van der Waals surface area contributed by atoms with Crippen LogP contribution in [0.1, 0.15) is 26.3 Å². The normalized spacial score (nSPS) is 12.4. The van der Waals surface area contributed by atoms with Gasteiger partial charge in [0.2, 0.25) is 9.84 Å². The third-order valence-electron chi connectivity index (χ3n) is 4.75. The molecule has 4 aromatic rings. The van der Waals surface area contributed by atoms with Crippen LogP contribution in [0.5, 0.6) is 5.75 Å². The Morgan fingerprint density at radius 3 is 2.21 bits per heavy atom. The number of rotatable bonds is 3. The lowest BCUT2D eigenvalue weighted by atomic mass is 9.86. The maximum absolute atomic E-state index is 12.9. The van der Waals surface area contributed by atoms with Crippen LogP contribution in [-0.4, -0.2) is 28.5 Å². The van der Waals surface area contributed by atoms with Crippen LogP contribution < -0.4 is 0 Å². The SMILES string of the molecule is CC(C)(C)c1cccc(-n2nc3ccc(S(=O)(=O)c4ccccc4)cc3n2)c1O. The van der Waals surface area contributed by atoms with Crippen LogP contribution in [0.25, 0.3) is 16.7 Å². The number of fused-ring (bicyclic) bond motifs is 1. The van der Waals surface area contributed by atoms with E-state index >= 15 is 0 Å². The molecule has 0 amide bonds. The average Bonchev–Trinajstić information content (AvgIpc) is 3.11. The second-order valence-corrected chi connectivity index (χ2v) is 9.83. The fourth-order valence-electron chi connectivity index (χ4n) is 3.20. The predicted octanol–water partition coefficient (Wildman–Crippen LogP) is 4.26. The highest BCUT2D eigenvalue weighted by Gasteiger charge is 2.22. The Hall–Kier alpha value is -3.19. The van der Waals surface area contributed by atoms with E-state index in [0.717, 1.165) is 5.56 Å². The van der Waals surface area contributed by atoms with Crippen LogP contribution in [0.15, 0.2) is 76.5 Å². The number of benzene rings is 3. The topological polar surface area (TPSA) is 85.1 Å². The quantitative estimate of drug-likeness (QED) is 0.549. The molecule has 7 heteroatoms. The van der Waals surface area contributed by atoms with Crippen LogP contribution in [0.2, 0.25) is 0 Å². The van der Waals surface area contributed by atoms with Crippen LogP contribution in [0, 0.1) is 0 Å². The van der Waals surface area contributed by atoms with Gasteiger partial charge in [0.15, 0.2) is 0 Å². The first-order valence-electron chi connectivity index (χ1n) is 9.18. The number of para-hydroxylation sites is 1. The van der Waals surface area contributed by atoms with Crippen molar-refractivity contribution in [3.8, 4) is 11.4 Å². The number of sulfone groups is 1. The first kappa shape index (κ1) is 19.1. The van der Waals surface area contributed by atoms with E-state index in [0.29, 0.717) is 16.7 Å². The number of hydrogen-bond acceptors (Lipinski definition) is 5. The number of nitrogens with zero attached hydrogens (tertiary/aromatic N) is 3. The van der Waals surface area contributed by atoms with Crippen molar-refractivity contribution in [3.05, 3.63) is 72.3 Å². The summed E-state index contributed by atoms with van der Waals surface area (Å²) in [5.74, 6) is 0.109. The average molecular weight is 407 g/mol. The molecule has 0 saturated heterocycles. The molecule has 4 rings (SSSR count). The van der Waals surface area contributed by atoms with E-state index in [1.54, 1.807) is 42.5 Å². The fourth-order valence-corrected chi connectivity index (χ4v) is 4.50. The molecule has 0 fully saturated rings. The van der Waals surface area contributed by atoms with E-state index in [1.807, 2.05) is 32.9 Å². The molecule has 6 nitrogen and oxygen atoms in total. The minimum atomic E-state index is -3.65. The van der Waals surface area contributed by atoms with Crippen LogP contribution in [-0.2, 0) is 15.3 Å². The Bertz CT molecular complexity index is 1300. The summed E-state index contributed by atoms with van der Waals surface area (Å²) in [5, 5.41) is 19.6. The van der Waals surface area contributed by atoms with Crippen molar-refractivity contribution in [2.75, 3.05) is 0 Å². The van der Waals surface area contributed by atoms with Gasteiger partial charge in [-0.1, -0.05) is 51.1 Å². The van der Waals surface area contributed by atoms with Crippen molar-refractivity contribution in [1.82, 2.24) is 15.0 Å². The minimum absolute atomic E-state index is 0.109. The Balaban J connectivity index is 1.82. The second-order valence-electron chi connectivity index (χ2n) is 7.88. The second kappa shape index (κ2) is 6.70. The van der Waals surface area contributed by atoms with Gasteiger partial charge in [0.25, 0.3) is 0 Å². The maximum Gasteiger partial charge on any atom is 0.206 e. The summed E-state index contributed by atoms with van der Waals surface area (Å²) in [7, 11) is -3.65. The summed E-state index contributed by atoms with van der Waals surface area (Å²) in [6.07, 6.45) is 0. The zero-order chi connectivity index (χ0) is 20.8. The number of hydrogen-bond donors (Lipinski definition) is 1. The van der Waals surface area contributed by atoms with Crippen molar-refractivity contribution < 1.29 is 13.5 Å². The van der Waals surface area contributed by atoms with E-state index < -0.39 is 9.84 Å². The zero-order valence-corrected chi connectivity index (χ0v) is 17.2. The van der Waals surface area contributed by atoms with Crippen molar-refractivity contribution in [3.63, 3.8) is 0 Å². The van der Waals surface area contributed by atoms with Gasteiger partial charge in [-0.2, -0.15) is 0 Å². The first-order chi connectivity index (χ1) is 13.7. The van der Waals surface area contributed by atoms with E-state index in [9.17, 15) is 13.5 Å². The lowest BCUT2D eigenvalue weighted by Crippen LogP contribution is -2.12. The van der Waals surface area contributed by atoms with Crippen molar-refractivity contribution in [2.24, 2.45) is 0 Å². The first-order valence-corrected chi connectivity index (χ1v) is 10.7. The molecule has 0 saturated carbocycles. The van der Waals surface area contributed by atoms with Crippen molar-refractivity contribution in [2.45, 2.75) is 36.0 Å². The molecule has 0 unspecified atom stereocenters. The van der Waals surface area contributed by atoms with Crippen LogP contribution >= 0.6 is 0 Å². The molecule has 1 N–H and O–H groups in total. The van der Waals surface area contributed by atoms with Gasteiger partial charge in [-0.15, -0.1) is 15.0 Å². The Morgan fingerprint density at radius 1 is 0.828 bits per heavy atom. The third kappa shape index (κ3) is 3.38. The molecule has 0 spiro atoms. The van der Waals surface area contributed by atoms with Gasteiger partial charge in [-0.25, -0.2) is 8.42 Å². The molecular weight excluding hydrogens is 386 g/mol. The van der Waals surface area contributed by atoms with Crippen molar-refractivity contribution >= 4 is 20.9 Å². The molecule has 0 atom stereocenters. The van der Waals surface area contributed by atoms with Crippen molar-refractivity contribution in [1.29, 1.82) is 0 Å². The van der Waals surface area contributed by atoms with E-state index in [2.05, 4.69) is 10.2 Å². The summed E-state index contributed by atoms with van der Waals surface area (Å²) in [6.45, 7) is 6.04. The molecule has 1 aromatic heterocycles. The standard InChI is InChI=1S/C22H21N3O3S/c1-22(2,3)17-10-7-11-20(21(17)26)25-23-18-13-12-16(14-19(18)24-25)29(27,28)15-8-5-4-6-9-15/h4-14,26H,1-3H3. The van der Waals surface area contributed by atoms with Gasteiger partial charge in [0.1, 0.15) is 22.5 Å². The van der Waals surface area contributed by atoms with Gasteiger partial charge >= 0.3 is 0 Å². The van der Waals surface area contributed by atoms with Crippen LogP contribution in [0.3, 0.4) is 0 Å². The summed E-state index contributed by atoms with van der Waals surface area (Å²) in [6, 6.07) is 18.4. The van der Waals surface area contributed by atoms with E-state index in [-0.39, 0.29) is 21.0 Å². The number of aromatic nitrogens is 3. The molecule has 0 aliphatic heterocycles. The third-order valence-corrected chi connectivity index (χ3v) is 6.52. The zero-order valence-electron chi connectivity index (χ0n) is 16.4. The molecule has 1 heterocycles. The van der Waals surface area contributed by atoms with Gasteiger partial charge in [-0.05, 0) is 41.8 Å². The molecular formula is C22H21N3O3S. The number of aromatic hydroxyl groups is 1. The smallest absolute Gasteiger partial charge is 0.206 e. The maximum atomic E-state index is 12.9. The molecule has 0 aliphatic carbocycles. The highest BCUT2D eigenvalue weighted by Crippen LogP contribution is 2.34. The molecule has 0 radical (unpaired) electrons. The fraction of sp³-hybridized carbons (Fsp3) is 0.182. The summed E-state index contributed by atoms with van der Waals surface area (Å²) < 4.78 is 25.7. The monoisotopic (exact) mass is 407 g/mol. The highest BCUT2D eigenvalue weighted by atomic mass is 32.2. The van der Waals surface area contributed by atoms with E-state index in [1.165, 1.54) is 16.9 Å². The van der Waals surface area contributed by atoms with E-state index in [4.69, 9.17) is 0 Å². The molecule has 3 aromatic carbocycles.